The first-order valence-corrected chi connectivity index (χ1v) is 14.4. The summed E-state index contributed by atoms with van der Waals surface area (Å²) in [7, 11) is 3.27. The van der Waals surface area contributed by atoms with E-state index in [2.05, 4.69) is 23.0 Å². The molecule has 222 valence electrons. The fraction of sp³-hybridized carbons (Fsp3) is 0.286. The van der Waals surface area contributed by atoms with Gasteiger partial charge in [-0.15, -0.1) is 0 Å². The van der Waals surface area contributed by atoms with E-state index in [4.69, 9.17) is 9.47 Å². The van der Waals surface area contributed by atoms with Crippen molar-refractivity contribution in [3.05, 3.63) is 108 Å². The molecule has 2 aliphatic heterocycles. The van der Waals surface area contributed by atoms with Crippen molar-refractivity contribution in [3.63, 3.8) is 0 Å². The normalized spacial score (nSPS) is 16.7. The second-order valence-corrected chi connectivity index (χ2v) is 10.9. The number of imide groups is 1. The lowest BCUT2D eigenvalue weighted by Crippen LogP contribution is -2.56. The minimum absolute atomic E-state index is 0.157. The van der Waals surface area contributed by atoms with Crippen LogP contribution in [0.25, 0.3) is 17.7 Å². The molecule has 0 N–H and O–H groups in total. The largest absolute Gasteiger partial charge is 0.497 e. The number of amides is 3. The standard InChI is InChI=1S/C35H38N4O4/c1-5-29-14-9-17-36-32(29)26(2)24-39-34(41)38(18-10-13-27-11-7-6-8-12-27)33(40)35(39)15-19-37(20-16-35)25-28-21-30(42-3)23-31(22-28)43-4/h5-14,17,21-23H,1-2,15-16,18-20,24-25H2,3-4H3/b13-10+. The number of benzene rings is 2. The minimum atomic E-state index is -0.952. The molecule has 0 saturated carbocycles. The van der Waals surface area contributed by atoms with Crippen LogP contribution in [0.1, 0.15) is 35.2 Å². The molecule has 2 saturated heterocycles. The summed E-state index contributed by atoms with van der Waals surface area (Å²) >= 11 is 0. The maximum Gasteiger partial charge on any atom is 0.328 e. The first-order valence-electron chi connectivity index (χ1n) is 14.4. The summed E-state index contributed by atoms with van der Waals surface area (Å²) in [5.41, 5.74) is 3.31. The number of carbonyl (C=O) groups excluding carboxylic acids is 2. The molecule has 8 nitrogen and oxygen atoms in total. The molecular weight excluding hydrogens is 540 g/mol. The number of hydrogen-bond acceptors (Lipinski definition) is 6. The van der Waals surface area contributed by atoms with Gasteiger partial charge in [0.1, 0.15) is 17.0 Å². The smallest absolute Gasteiger partial charge is 0.328 e. The molecule has 0 radical (unpaired) electrons. The fourth-order valence-corrected chi connectivity index (χ4v) is 5.94. The Labute approximate surface area is 253 Å². The monoisotopic (exact) mass is 578 g/mol. The van der Waals surface area contributed by atoms with Crippen LogP contribution in [0.5, 0.6) is 11.5 Å². The van der Waals surface area contributed by atoms with Crippen molar-refractivity contribution < 1.29 is 19.1 Å². The Morgan fingerprint density at radius 3 is 2.35 bits per heavy atom. The Morgan fingerprint density at radius 1 is 1.00 bits per heavy atom. The molecule has 1 spiro atoms. The third kappa shape index (κ3) is 6.24. The van der Waals surface area contributed by atoms with Gasteiger partial charge < -0.3 is 14.4 Å². The van der Waals surface area contributed by atoms with Gasteiger partial charge in [0.05, 0.1) is 26.5 Å². The summed E-state index contributed by atoms with van der Waals surface area (Å²) in [5, 5.41) is 0. The quantitative estimate of drug-likeness (QED) is 0.269. The molecule has 0 unspecified atom stereocenters. The number of urea groups is 1. The SMILES string of the molecule is C=Cc1cccnc1C(=C)CN1C(=O)N(C/C=C/c2ccccc2)C(=O)C12CCN(Cc1cc(OC)cc(OC)c1)CC2. The van der Waals surface area contributed by atoms with Crippen molar-refractivity contribution in [2.45, 2.75) is 24.9 Å². The van der Waals surface area contributed by atoms with Gasteiger partial charge in [-0.3, -0.25) is 19.6 Å². The molecule has 8 heteroatoms. The lowest BCUT2D eigenvalue weighted by molar-refractivity contribution is -0.135. The minimum Gasteiger partial charge on any atom is -0.497 e. The number of hydrogen-bond donors (Lipinski definition) is 0. The highest BCUT2D eigenvalue weighted by atomic mass is 16.5. The Balaban J connectivity index is 1.38. The van der Waals surface area contributed by atoms with Crippen LogP contribution in [0.4, 0.5) is 4.79 Å². The molecule has 43 heavy (non-hydrogen) atoms. The number of likely N-dealkylation sites (tertiary alicyclic amines) is 1. The van der Waals surface area contributed by atoms with E-state index < -0.39 is 5.54 Å². The molecule has 5 rings (SSSR count). The van der Waals surface area contributed by atoms with Crippen molar-refractivity contribution in [1.82, 2.24) is 19.7 Å². The van der Waals surface area contributed by atoms with E-state index in [-0.39, 0.29) is 25.0 Å². The zero-order chi connectivity index (χ0) is 30.4. The summed E-state index contributed by atoms with van der Waals surface area (Å²) < 4.78 is 10.9. The van der Waals surface area contributed by atoms with E-state index in [1.165, 1.54) is 4.90 Å². The summed E-state index contributed by atoms with van der Waals surface area (Å²) in [5.74, 6) is 1.31. The maximum atomic E-state index is 14.1. The molecule has 3 aromatic rings. The van der Waals surface area contributed by atoms with Crippen LogP contribution >= 0.6 is 0 Å². The van der Waals surface area contributed by atoms with Crippen molar-refractivity contribution in [1.29, 1.82) is 0 Å². The number of pyridine rings is 1. The van der Waals surface area contributed by atoms with Crippen LogP contribution < -0.4 is 9.47 Å². The first-order chi connectivity index (χ1) is 20.9. The van der Waals surface area contributed by atoms with Crippen molar-refractivity contribution >= 4 is 29.7 Å². The summed E-state index contributed by atoms with van der Waals surface area (Å²) in [6.45, 7) is 10.6. The van der Waals surface area contributed by atoms with Gasteiger partial charge in [0.25, 0.3) is 5.91 Å². The third-order valence-electron chi connectivity index (χ3n) is 8.26. The zero-order valence-electron chi connectivity index (χ0n) is 24.9. The van der Waals surface area contributed by atoms with Crippen LogP contribution in [-0.4, -0.2) is 77.6 Å². The Morgan fingerprint density at radius 2 is 1.70 bits per heavy atom. The average molecular weight is 579 g/mol. The number of piperidine rings is 1. The molecule has 0 aliphatic carbocycles. The van der Waals surface area contributed by atoms with Crippen LogP contribution in [0.3, 0.4) is 0 Å². The van der Waals surface area contributed by atoms with E-state index in [9.17, 15) is 9.59 Å². The predicted octanol–water partition coefficient (Wildman–Crippen LogP) is 5.77. The highest BCUT2D eigenvalue weighted by Gasteiger charge is 2.57. The number of rotatable bonds is 11. The van der Waals surface area contributed by atoms with Crippen LogP contribution in [-0.2, 0) is 11.3 Å². The Kier molecular flexibility index (Phi) is 9.07. The first kappa shape index (κ1) is 29.8. The van der Waals surface area contributed by atoms with Gasteiger partial charge in [-0.2, -0.15) is 0 Å². The van der Waals surface area contributed by atoms with Gasteiger partial charge in [-0.25, -0.2) is 4.79 Å². The number of aromatic nitrogens is 1. The summed E-state index contributed by atoms with van der Waals surface area (Å²) in [6.07, 6.45) is 8.27. The summed E-state index contributed by atoms with van der Waals surface area (Å²) in [4.78, 5) is 38.0. The molecule has 3 amide bonds. The van der Waals surface area contributed by atoms with Crippen molar-refractivity contribution in [2.75, 3.05) is 40.4 Å². The summed E-state index contributed by atoms with van der Waals surface area (Å²) in [6, 6.07) is 19.1. The highest BCUT2D eigenvalue weighted by Crippen LogP contribution is 2.39. The Bertz CT molecular complexity index is 1500. The van der Waals surface area contributed by atoms with E-state index in [0.29, 0.717) is 43.7 Å². The second-order valence-electron chi connectivity index (χ2n) is 10.9. The number of methoxy groups -OCH3 is 2. The van der Waals surface area contributed by atoms with Gasteiger partial charge in [-0.05, 0) is 53.3 Å². The Hall–Kier alpha value is -4.69. The molecule has 2 aromatic carbocycles. The van der Waals surface area contributed by atoms with E-state index in [1.54, 1.807) is 31.4 Å². The predicted molar refractivity (Wildman–Crippen MR) is 169 cm³/mol. The van der Waals surface area contributed by atoms with Crippen LogP contribution in [0, 0.1) is 0 Å². The van der Waals surface area contributed by atoms with Gasteiger partial charge in [0.2, 0.25) is 0 Å². The molecule has 2 fully saturated rings. The third-order valence-corrected chi connectivity index (χ3v) is 8.26. The van der Waals surface area contributed by atoms with Crippen molar-refractivity contribution in [3.8, 4) is 11.5 Å². The highest BCUT2D eigenvalue weighted by molar-refractivity contribution is 6.07. The van der Waals surface area contributed by atoms with E-state index in [0.717, 1.165) is 28.2 Å². The number of carbonyl (C=O) groups is 2. The molecular formula is C35H38N4O4. The van der Waals surface area contributed by atoms with Gasteiger partial charge in [0.15, 0.2) is 0 Å². The number of nitrogens with zero attached hydrogens (tertiary/aromatic N) is 4. The lowest BCUT2D eigenvalue weighted by Gasteiger charge is -2.42. The van der Waals surface area contributed by atoms with E-state index >= 15 is 0 Å². The maximum absolute atomic E-state index is 14.1. The van der Waals surface area contributed by atoms with Crippen LogP contribution in [0.2, 0.25) is 0 Å². The molecule has 0 bridgehead atoms. The second kappa shape index (κ2) is 13.1. The zero-order valence-corrected chi connectivity index (χ0v) is 24.9. The number of ether oxygens (including phenoxy) is 2. The molecule has 0 atom stereocenters. The molecule has 2 aliphatic rings. The van der Waals surface area contributed by atoms with Gasteiger partial charge in [-0.1, -0.05) is 67.8 Å². The molecule has 3 heterocycles. The molecule has 1 aromatic heterocycles. The lowest BCUT2D eigenvalue weighted by atomic mass is 9.85. The topological polar surface area (TPSA) is 75.2 Å². The fourth-order valence-electron chi connectivity index (χ4n) is 5.94. The van der Waals surface area contributed by atoms with Crippen molar-refractivity contribution in [2.24, 2.45) is 0 Å². The average Bonchev–Trinajstić information content (AvgIpc) is 3.22. The van der Waals surface area contributed by atoms with E-state index in [1.807, 2.05) is 72.8 Å². The van der Waals surface area contributed by atoms with Crippen LogP contribution in [0.15, 0.2) is 86.1 Å². The van der Waals surface area contributed by atoms with Gasteiger partial charge in [0, 0.05) is 38.4 Å². The van der Waals surface area contributed by atoms with Gasteiger partial charge >= 0.3 is 6.03 Å².